The van der Waals surface area contributed by atoms with Crippen LogP contribution in [-0.4, -0.2) is 69.4 Å². The van der Waals surface area contributed by atoms with Gasteiger partial charge in [-0.15, -0.1) is 0 Å². The fraction of sp³-hybridized carbons (Fsp3) is 0.375. The van der Waals surface area contributed by atoms with Crippen LogP contribution in [0.1, 0.15) is 74.9 Å². The molecule has 2 aromatic carbocycles. The molecule has 1 amide bonds. The summed E-state index contributed by atoms with van der Waals surface area (Å²) in [6, 6.07) is 12.3. The molecule has 44 heavy (non-hydrogen) atoms. The molecule has 0 bridgehead atoms. The van der Waals surface area contributed by atoms with Gasteiger partial charge in [-0.3, -0.25) is 19.8 Å². The number of carbonyl (C=O) groups excluding carboxylic acids is 3. The normalized spacial score (nSPS) is 13.2. The SMILES string of the molecule is CCOC(=O)CCCN(C(=O)C(C)=Cc1ccc(C(=O)Oc2ccc(C(=N)N)cc2)cc1)[C@](CC)(C(=O)O)C(CC)C(=O)O. The second-order valence-corrected chi connectivity index (χ2v) is 10.0. The average molecular weight is 610 g/mol. The largest absolute Gasteiger partial charge is 0.481 e. The van der Waals surface area contributed by atoms with E-state index in [0.29, 0.717) is 11.1 Å². The lowest BCUT2D eigenvalue weighted by molar-refractivity contribution is -0.171. The number of carboxylic acids is 2. The van der Waals surface area contributed by atoms with Gasteiger partial charge in [-0.25, -0.2) is 9.59 Å². The molecular weight excluding hydrogens is 570 g/mol. The molecule has 0 fully saturated rings. The Bertz CT molecular complexity index is 1400. The van der Waals surface area contributed by atoms with Crippen LogP contribution in [0, 0.1) is 11.3 Å². The fourth-order valence-corrected chi connectivity index (χ4v) is 4.96. The van der Waals surface area contributed by atoms with Gasteiger partial charge in [-0.05, 0) is 81.1 Å². The van der Waals surface area contributed by atoms with Gasteiger partial charge in [0, 0.05) is 24.1 Å². The first-order valence-corrected chi connectivity index (χ1v) is 14.2. The predicted octanol–water partition coefficient (Wildman–Crippen LogP) is 4.11. The molecule has 12 heteroatoms. The highest BCUT2D eigenvalue weighted by Crippen LogP contribution is 2.34. The highest BCUT2D eigenvalue weighted by molar-refractivity contribution is 6.01. The van der Waals surface area contributed by atoms with Crippen molar-refractivity contribution in [1.82, 2.24) is 4.90 Å². The Morgan fingerprint density at radius 1 is 0.977 bits per heavy atom. The summed E-state index contributed by atoms with van der Waals surface area (Å²) < 4.78 is 10.3. The van der Waals surface area contributed by atoms with Crippen LogP contribution in [0.3, 0.4) is 0 Å². The number of carbonyl (C=O) groups is 5. The maximum Gasteiger partial charge on any atom is 0.343 e. The summed E-state index contributed by atoms with van der Waals surface area (Å²) in [7, 11) is 0. The van der Waals surface area contributed by atoms with Crippen molar-refractivity contribution >= 4 is 41.7 Å². The zero-order valence-electron chi connectivity index (χ0n) is 25.3. The number of rotatable bonds is 16. The van der Waals surface area contributed by atoms with Crippen LogP contribution >= 0.6 is 0 Å². The summed E-state index contributed by atoms with van der Waals surface area (Å²) >= 11 is 0. The summed E-state index contributed by atoms with van der Waals surface area (Å²) in [5.74, 6) is -5.91. The minimum absolute atomic E-state index is 0.0433. The molecule has 2 rings (SSSR count). The van der Waals surface area contributed by atoms with Gasteiger partial charge in [0.15, 0.2) is 5.54 Å². The second kappa shape index (κ2) is 16.0. The molecule has 0 heterocycles. The lowest BCUT2D eigenvalue weighted by Gasteiger charge is -2.43. The molecule has 0 aromatic heterocycles. The van der Waals surface area contributed by atoms with Crippen LogP contribution in [0.5, 0.6) is 5.75 Å². The molecule has 12 nitrogen and oxygen atoms in total. The molecule has 0 spiro atoms. The molecule has 0 aliphatic heterocycles. The lowest BCUT2D eigenvalue weighted by atomic mass is 9.77. The number of nitrogen functional groups attached to an aromatic ring is 1. The number of nitrogens with one attached hydrogen (secondary N) is 1. The highest BCUT2D eigenvalue weighted by atomic mass is 16.5. The number of aliphatic carboxylic acids is 2. The van der Waals surface area contributed by atoms with E-state index in [2.05, 4.69) is 0 Å². The van der Waals surface area contributed by atoms with Crippen molar-refractivity contribution in [2.45, 2.75) is 58.9 Å². The van der Waals surface area contributed by atoms with E-state index in [1.165, 1.54) is 44.2 Å². The zero-order valence-corrected chi connectivity index (χ0v) is 25.3. The number of hydrogen-bond acceptors (Lipinski definition) is 8. The van der Waals surface area contributed by atoms with Crippen molar-refractivity contribution < 1.29 is 43.7 Å². The molecule has 5 N–H and O–H groups in total. The first kappa shape index (κ1) is 35.2. The van der Waals surface area contributed by atoms with Crippen LogP contribution in [-0.2, 0) is 23.9 Å². The average Bonchev–Trinajstić information content (AvgIpc) is 2.98. The summed E-state index contributed by atoms with van der Waals surface area (Å²) in [6.45, 7) is 6.17. The number of amidine groups is 1. The Kier molecular flexibility index (Phi) is 12.8. The van der Waals surface area contributed by atoms with Gasteiger partial charge in [-0.2, -0.15) is 0 Å². The zero-order chi connectivity index (χ0) is 33.0. The lowest BCUT2D eigenvalue weighted by Crippen LogP contribution is -2.63. The Morgan fingerprint density at radius 2 is 1.57 bits per heavy atom. The molecule has 236 valence electrons. The van der Waals surface area contributed by atoms with E-state index in [-0.39, 0.29) is 61.6 Å². The topological polar surface area (TPSA) is 197 Å². The van der Waals surface area contributed by atoms with Crippen LogP contribution in [0.25, 0.3) is 6.08 Å². The number of carboxylic acid groups (broad SMARTS) is 2. The first-order chi connectivity index (χ1) is 20.8. The maximum atomic E-state index is 13.8. The number of amides is 1. The molecule has 2 aromatic rings. The van der Waals surface area contributed by atoms with Gasteiger partial charge >= 0.3 is 23.9 Å². The number of nitrogens with zero attached hydrogens (tertiary/aromatic N) is 1. The molecular formula is C32H39N3O9. The highest BCUT2D eigenvalue weighted by Gasteiger charge is 2.53. The Hall–Kier alpha value is -5.00. The Balaban J connectivity index is 2.36. The monoisotopic (exact) mass is 609 g/mol. The summed E-state index contributed by atoms with van der Waals surface area (Å²) in [6.07, 6.45) is 1.26. The molecule has 0 saturated carbocycles. The third-order valence-electron chi connectivity index (χ3n) is 7.23. The van der Waals surface area contributed by atoms with Crippen LogP contribution in [0.4, 0.5) is 0 Å². The fourth-order valence-electron chi connectivity index (χ4n) is 4.96. The van der Waals surface area contributed by atoms with E-state index in [1.807, 2.05) is 0 Å². The van der Waals surface area contributed by atoms with E-state index in [4.69, 9.17) is 20.6 Å². The minimum Gasteiger partial charge on any atom is -0.481 e. The summed E-state index contributed by atoms with van der Waals surface area (Å²) in [4.78, 5) is 64.4. The van der Waals surface area contributed by atoms with Crippen molar-refractivity contribution in [3.8, 4) is 5.75 Å². The van der Waals surface area contributed by atoms with Gasteiger partial charge in [0.05, 0.1) is 18.1 Å². The Morgan fingerprint density at radius 3 is 2.05 bits per heavy atom. The van der Waals surface area contributed by atoms with E-state index in [0.717, 1.165) is 4.90 Å². The van der Waals surface area contributed by atoms with E-state index in [9.17, 15) is 34.2 Å². The van der Waals surface area contributed by atoms with Crippen molar-refractivity contribution in [1.29, 1.82) is 5.41 Å². The van der Waals surface area contributed by atoms with Crippen molar-refractivity contribution in [3.63, 3.8) is 0 Å². The van der Waals surface area contributed by atoms with Gasteiger partial charge in [-0.1, -0.05) is 26.0 Å². The van der Waals surface area contributed by atoms with Gasteiger partial charge in [0.2, 0.25) is 5.91 Å². The smallest absolute Gasteiger partial charge is 0.343 e. The van der Waals surface area contributed by atoms with Gasteiger partial charge in [0.1, 0.15) is 11.6 Å². The summed E-state index contributed by atoms with van der Waals surface area (Å²) in [5.41, 5.74) is 4.72. The number of nitrogens with two attached hydrogens (primary N) is 1. The number of hydrogen-bond donors (Lipinski definition) is 4. The standard InChI is InChI=1S/C32H39N3O9/c1-5-25(29(38)39)32(6-2,31(41)42)35(18-8-9-26(36)43-7-3)28(37)20(4)19-21-10-12-23(13-11-21)30(40)44-24-16-14-22(15-17-24)27(33)34/h10-17,19,25H,5-9,18H2,1-4H3,(H3,33,34)(H,38,39)(H,41,42)/t25?,32-/m0/s1. The predicted molar refractivity (Wildman–Crippen MR) is 162 cm³/mol. The number of benzene rings is 2. The quantitative estimate of drug-likeness (QED) is 0.0706. The van der Waals surface area contributed by atoms with Gasteiger partial charge in [0.25, 0.3) is 0 Å². The third kappa shape index (κ3) is 8.52. The molecule has 0 aliphatic rings. The van der Waals surface area contributed by atoms with Crippen LogP contribution in [0.2, 0.25) is 0 Å². The summed E-state index contributed by atoms with van der Waals surface area (Å²) in [5, 5.41) is 27.7. The minimum atomic E-state index is -2.07. The molecule has 2 atom stereocenters. The van der Waals surface area contributed by atoms with Crippen molar-refractivity contribution in [3.05, 3.63) is 70.8 Å². The molecule has 0 saturated heterocycles. The Labute approximate surface area is 256 Å². The van der Waals surface area contributed by atoms with Gasteiger partial charge < -0.3 is 30.3 Å². The second-order valence-electron chi connectivity index (χ2n) is 10.0. The van der Waals surface area contributed by atoms with E-state index < -0.39 is 41.2 Å². The maximum absolute atomic E-state index is 13.8. The van der Waals surface area contributed by atoms with Crippen LogP contribution < -0.4 is 10.5 Å². The third-order valence-corrected chi connectivity index (χ3v) is 7.23. The molecule has 1 unspecified atom stereocenters. The molecule has 0 radical (unpaired) electrons. The number of ether oxygens (including phenoxy) is 2. The van der Waals surface area contributed by atoms with E-state index in [1.54, 1.807) is 38.1 Å². The van der Waals surface area contributed by atoms with E-state index >= 15 is 0 Å². The molecule has 0 aliphatic carbocycles. The number of esters is 2. The van der Waals surface area contributed by atoms with Crippen molar-refractivity contribution in [2.24, 2.45) is 11.7 Å². The van der Waals surface area contributed by atoms with Crippen LogP contribution in [0.15, 0.2) is 54.1 Å². The first-order valence-electron chi connectivity index (χ1n) is 14.2. The van der Waals surface area contributed by atoms with Crippen molar-refractivity contribution in [2.75, 3.05) is 13.2 Å².